The molecule has 0 bridgehead atoms. The van der Waals surface area contributed by atoms with Crippen LogP contribution < -0.4 is 11.1 Å². The predicted molar refractivity (Wildman–Crippen MR) is 95.1 cm³/mol. The molecule has 0 saturated carbocycles. The average Bonchev–Trinajstić information content (AvgIpc) is 2.45. The Bertz CT molecular complexity index is 471. The number of hydrogen-bond acceptors (Lipinski definition) is 3. The molecule has 118 valence electrons. The minimum Gasteiger partial charge on any atom is -0.378 e. The van der Waals surface area contributed by atoms with Gasteiger partial charge in [0.25, 0.3) is 0 Å². The van der Waals surface area contributed by atoms with Gasteiger partial charge < -0.3 is 16.0 Å². The predicted octanol–water partition coefficient (Wildman–Crippen LogP) is 3.96. The van der Waals surface area contributed by atoms with Crippen LogP contribution in [0.2, 0.25) is 5.02 Å². The smallest absolute Gasteiger partial charge is 0.0549 e. The fraction of sp³-hybridized carbons (Fsp3) is 0.625. The zero-order chi connectivity index (χ0) is 15.5. The summed E-state index contributed by atoms with van der Waals surface area (Å²) < 4.78 is 0.915. The van der Waals surface area contributed by atoms with Crippen LogP contribution in [0.25, 0.3) is 0 Å². The largest absolute Gasteiger partial charge is 0.378 e. The Hall–Kier alpha value is -0.290. The SMILES string of the molecule is CC(C)CN1CCC(CN)(Nc2ccc(Cl)c(Br)c2)CC1. The van der Waals surface area contributed by atoms with Gasteiger partial charge in [-0.3, -0.25) is 0 Å². The number of nitrogens with one attached hydrogen (secondary N) is 1. The number of nitrogens with two attached hydrogens (primary N) is 1. The molecular formula is C16H25BrClN3. The highest BCUT2D eigenvalue weighted by atomic mass is 79.9. The molecule has 1 aliphatic rings. The molecule has 1 heterocycles. The molecule has 2 rings (SSSR count). The molecule has 0 aliphatic carbocycles. The van der Waals surface area contributed by atoms with Crippen LogP contribution in [0.5, 0.6) is 0 Å². The van der Waals surface area contributed by atoms with Crippen molar-refractivity contribution in [2.75, 3.05) is 31.5 Å². The second kappa shape index (κ2) is 7.32. The third-order valence-electron chi connectivity index (χ3n) is 4.16. The van der Waals surface area contributed by atoms with Crippen molar-refractivity contribution in [1.29, 1.82) is 0 Å². The standard InChI is InChI=1S/C16H25BrClN3/c1-12(2)10-21-7-5-16(11-19,6-8-21)20-13-3-4-15(18)14(17)9-13/h3-4,9,12,20H,5-8,10-11,19H2,1-2H3. The number of hydrogen-bond donors (Lipinski definition) is 2. The monoisotopic (exact) mass is 373 g/mol. The quantitative estimate of drug-likeness (QED) is 0.819. The van der Waals surface area contributed by atoms with E-state index in [9.17, 15) is 0 Å². The summed E-state index contributed by atoms with van der Waals surface area (Å²) in [5.74, 6) is 0.718. The van der Waals surface area contributed by atoms with E-state index in [-0.39, 0.29) is 5.54 Å². The number of rotatable bonds is 5. The summed E-state index contributed by atoms with van der Waals surface area (Å²) in [7, 11) is 0. The van der Waals surface area contributed by atoms with Gasteiger partial charge in [-0.2, -0.15) is 0 Å². The lowest BCUT2D eigenvalue weighted by Crippen LogP contribution is -2.54. The molecule has 1 aromatic rings. The van der Waals surface area contributed by atoms with Crippen molar-refractivity contribution in [3.05, 3.63) is 27.7 Å². The molecule has 0 spiro atoms. The fourth-order valence-electron chi connectivity index (χ4n) is 2.94. The number of anilines is 1. The first kappa shape index (κ1) is 17.1. The summed E-state index contributed by atoms with van der Waals surface area (Å²) in [5.41, 5.74) is 7.16. The van der Waals surface area contributed by atoms with E-state index in [2.05, 4.69) is 40.0 Å². The molecular weight excluding hydrogens is 350 g/mol. The average molecular weight is 375 g/mol. The van der Waals surface area contributed by atoms with E-state index in [4.69, 9.17) is 17.3 Å². The van der Waals surface area contributed by atoms with Crippen molar-refractivity contribution in [3.8, 4) is 0 Å². The lowest BCUT2D eigenvalue weighted by molar-refractivity contribution is 0.161. The van der Waals surface area contributed by atoms with Gasteiger partial charge in [0.05, 0.1) is 10.6 Å². The molecule has 0 radical (unpaired) electrons. The molecule has 0 amide bonds. The van der Waals surface area contributed by atoms with Crippen LogP contribution >= 0.6 is 27.5 Å². The molecule has 1 saturated heterocycles. The number of benzene rings is 1. The maximum atomic E-state index is 6.08. The first-order valence-electron chi connectivity index (χ1n) is 7.60. The highest BCUT2D eigenvalue weighted by Crippen LogP contribution is 2.30. The normalized spacial score (nSPS) is 19.0. The maximum absolute atomic E-state index is 6.08. The molecule has 5 heteroatoms. The van der Waals surface area contributed by atoms with Crippen LogP contribution in [0.15, 0.2) is 22.7 Å². The first-order valence-corrected chi connectivity index (χ1v) is 8.77. The van der Waals surface area contributed by atoms with Gasteiger partial charge in [-0.1, -0.05) is 25.4 Å². The summed E-state index contributed by atoms with van der Waals surface area (Å²) in [4.78, 5) is 2.54. The van der Waals surface area contributed by atoms with Crippen LogP contribution in [-0.4, -0.2) is 36.6 Å². The van der Waals surface area contributed by atoms with Crippen molar-refractivity contribution in [1.82, 2.24) is 4.90 Å². The molecule has 0 atom stereocenters. The molecule has 21 heavy (non-hydrogen) atoms. The Morgan fingerprint density at radius 1 is 1.38 bits per heavy atom. The maximum Gasteiger partial charge on any atom is 0.0549 e. The molecule has 0 unspecified atom stereocenters. The van der Waals surface area contributed by atoms with E-state index < -0.39 is 0 Å². The van der Waals surface area contributed by atoms with Gasteiger partial charge >= 0.3 is 0 Å². The van der Waals surface area contributed by atoms with Crippen molar-refractivity contribution in [2.45, 2.75) is 32.2 Å². The van der Waals surface area contributed by atoms with Gasteiger partial charge in [0.2, 0.25) is 0 Å². The summed E-state index contributed by atoms with van der Waals surface area (Å²) in [6, 6.07) is 5.96. The zero-order valence-electron chi connectivity index (χ0n) is 12.8. The second-order valence-corrected chi connectivity index (χ2v) is 7.69. The van der Waals surface area contributed by atoms with Crippen molar-refractivity contribution < 1.29 is 0 Å². The van der Waals surface area contributed by atoms with Gasteiger partial charge in [-0.05, 0) is 52.9 Å². The summed E-state index contributed by atoms with van der Waals surface area (Å²) in [6.45, 7) is 8.59. The summed E-state index contributed by atoms with van der Waals surface area (Å²) in [5, 5.41) is 4.38. The van der Waals surface area contributed by atoms with E-state index in [0.29, 0.717) is 6.54 Å². The highest BCUT2D eigenvalue weighted by Gasteiger charge is 2.33. The number of likely N-dealkylation sites (tertiary alicyclic amines) is 1. The zero-order valence-corrected chi connectivity index (χ0v) is 15.2. The lowest BCUT2D eigenvalue weighted by atomic mass is 9.87. The summed E-state index contributed by atoms with van der Waals surface area (Å²) >= 11 is 9.53. The molecule has 0 aromatic heterocycles. The number of halogens is 2. The van der Waals surface area contributed by atoms with E-state index >= 15 is 0 Å². The third kappa shape index (κ3) is 4.59. The Balaban J connectivity index is 2.01. The fourth-order valence-corrected chi connectivity index (χ4v) is 3.44. The Kier molecular flexibility index (Phi) is 5.95. The lowest BCUT2D eigenvalue weighted by Gasteiger charge is -2.43. The molecule has 1 aromatic carbocycles. The van der Waals surface area contributed by atoms with E-state index in [1.54, 1.807) is 0 Å². The van der Waals surface area contributed by atoms with Crippen LogP contribution in [-0.2, 0) is 0 Å². The van der Waals surface area contributed by atoms with Gasteiger partial charge in [-0.15, -0.1) is 0 Å². The van der Waals surface area contributed by atoms with E-state index in [1.165, 1.54) is 6.54 Å². The minimum absolute atomic E-state index is 0.000743. The van der Waals surface area contributed by atoms with Crippen molar-refractivity contribution in [2.24, 2.45) is 11.7 Å². The van der Waals surface area contributed by atoms with Gasteiger partial charge in [-0.25, -0.2) is 0 Å². The van der Waals surface area contributed by atoms with Crippen molar-refractivity contribution >= 4 is 33.2 Å². The minimum atomic E-state index is 0.000743. The molecule has 3 nitrogen and oxygen atoms in total. The molecule has 1 fully saturated rings. The van der Waals surface area contributed by atoms with E-state index in [1.807, 2.05) is 18.2 Å². The Morgan fingerprint density at radius 2 is 2.05 bits per heavy atom. The Labute approximate surface area is 141 Å². The van der Waals surface area contributed by atoms with Crippen LogP contribution in [0.4, 0.5) is 5.69 Å². The topological polar surface area (TPSA) is 41.3 Å². The van der Waals surface area contributed by atoms with Crippen molar-refractivity contribution in [3.63, 3.8) is 0 Å². The number of piperidine rings is 1. The summed E-state index contributed by atoms with van der Waals surface area (Å²) in [6.07, 6.45) is 2.16. The van der Waals surface area contributed by atoms with Gasteiger partial charge in [0.15, 0.2) is 0 Å². The van der Waals surface area contributed by atoms with E-state index in [0.717, 1.165) is 47.0 Å². The number of nitrogens with zero attached hydrogens (tertiary/aromatic N) is 1. The van der Waals surface area contributed by atoms with Crippen LogP contribution in [0.1, 0.15) is 26.7 Å². The molecule has 1 aliphatic heterocycles. The van der Waals surface area contributed by atoms with Gasteiger partial charge in [0.1, 0.15) is 0 Å². The first-order chi connectivity index (χ1) is 9.94. The van der Waals surface area contributed by atoms with Crippen LogP contribution in [0.3, 0.4) is 0 Å². The molecule has 3 N–H and O–H groups in total. The second-order valence-electron chi connectivity index (χ2n) is 6.43. The Morgan fingerprint density at radius 3 is 2.57 bits per heavy atom. The highest BCUT2D eigenvalue weighted by molar-refractivity contribution is 9.10. The van der Waals surface area contributed by atoms with Gasteiger partial charge in [0, 0.05) is 36.3 Å². The third-order valence-corrected chi connectivity index (χ3v) is 5.37. The van der Waals surface area contributed by atoms with Crippen LogP contribution in [0, 0.1) is 5.92 Å².